The first kappa shape index (κ1) is 18.4. The Hall–Kier alpha value is -2.44. The van der Waals surface area contributed by atoms with Crippen molar-refractivity contribution in [2.75, 3.05) is 11.1 Å². The molecule has 2 aromatic rings. The number of halogens is 2. The van der Waals surface area contributed by atoms with E-state index in [9.17, 15) is 14.7 Å². The Morgan fingerprint density at radius 2 is 1.92 bits per heavy atom. The Morgan fingerprint density at radius 1 is 1.23 bits per heavy atom. The second-order valence-electron chi connectivity index (χ2n) is 6.16. The van der Waals surface area contributed by atoms with Gasteiger partial charge in [0.2, 0.25) is 5.91 Å². The van der Waals surface area contributed by atoms with Gasteiger partial charge in [0.25, 0.3) is 0 Å². The van der Waals surface area contributed by atoms with Crippen LogP contribution in [0.2, 0.25) is 10.0 Å². The van der Waals surface area contributed by atoms with Gasteiger partial charge in [-0.3, -0.25) is 4.79 Å². The predicted octanol–water partition coefficient (Wildman–Crippen LogP) is 3.24. The molecule has 1 aliphatic rings. The fraction of sp³-hybridized carbons (Fsp3) is 0.222. The lowest BCUT2D eigenvalue weighted by Gasteiger charge is -2.32. The minimum absolute atomic E-state index is 0.155. The molecule has 2 aromatic carbocycles. The minimum atomic E-state index is -1.01. The summed E-state index contributed by atoms with van der Waals surface area (Å²) < 4.78 is 0. The van der Waals surface area contributed by atoms with Crippen LogP contribution in [-0.2, 0) is 16.0 Å². The fourth-order valence-electron chi connectivity index (χ4n) is 3.02. The molecular weight excluding hydrogens is 377 g/mol. The molecule has 2 atom stereocenters. The molecule has 1 heterocycles. The van der Waals surface area contributed by atoms with Gasteiger partial charge in [0.1, 0.15) is 6.04 Å². The van der Waals surface area contributed by atoms with Gasteiger partial charge in [-0.25, -0.2) is 4.79 Å². The quantitative estimate of drug-likeness (QED) is 0.596. The molecule has 5 N–H and O–H groups in total. The molecule has 136 valence electrons. The number of aliphatic carboxylic acids is 1. The second kappa shape index (κ2) is 7.43. The zero-order valence-electron chi connectivity index (χ0n) is 13.6. The van der Waals surface area contributed by atoms with Crippen molar-refractivity contribution >= 4 is 46.5 Å². The first-order chi connectivity index (χ1) is 12.3. The molecule has 1 aliphatic heterocycles. The van der Waals surface area contributed by atoms with E-state index in [0.29, 0.717) is 27.0 Å². The van der Waals surface area contributed by atoms with Crippen LogP contribution in [-0.4, -0.2) is 23.0 Å². The van der Waals surface area contributed by atoms with Crippen molar-refractivity contribution in [3.05, 3.63) is 57.6 Å². The topological polar surface area (TPSA) is 104 Å². The Bertz CT molecular complexity index is 856. The van der Waals surface area contributed by atoms with Crippen LogP contribution in [0, 0.1) is 0 Å². The third-order valence-electron chi connectivity index (χ3n) is 4.22. The highest BCUT2D eigenvalue weighted by atomic mass is 35.5. The van der Waals surface area contributed by atoms with Crippen LogP contribution >= 0.6 is 23.2 Å². The first-order valence-corrected chi connectivity index (χ1v) is 8.71. The Balaban J connectivity index is 1.83. The van der Waals surface area contributed by atoms with Gasteiger partial charge < -0.3 is 21.5 Å². The lowest BCUT2D eigenvalue weighted by Crippen LogP contribution is -2.41. The number of benzene rings is 2. The lowest BCUT2D eigenvalue weighted by atomic mass is 9.92. The number of amides is 1. The van der Waals surface area contributed by atoms with Crippen LogP contribution in [0.1, 0.15) is 23.6 Å². The van der Waals surface area contributed by atoms with E-state index < -0.39 is 18.1 Å². The summed E-state index contributed by atoms with van der Waals surface area (Å²) in [6.07, 6.45) is 0.333. The third-order valence-corrected chi connectivity index (χ3v) is 4.75. The summed E-state index contributed by atoms with van der Waals surface area (Å²) in [6, 6.07) is 8.80. The molecule has 0 fully saturated rings. The van der Waals surface area contributed by atoms with E-state index in [-0.39, 0.29) is 18.7 Å². The summed E-state index contributed by atoms with van der Waals surface area (Å²) in [5.74, 6) is -1.24. The summed E-state index contributed by atoms with van der Waals surface area (Å²) in [5.41, 5.74) is 8.22. The number of nitrogens with one attached hydrogen (secondary N) is 2. The largest absolute Gasteiger partial charge is 0.480 e. The normalized spacial score (nSPS) is 18.5. The van der Waals surface area contributed by atoms with Crippen LogP contribution in [0.3, 0.4) is 0 Å². The molecular formula is C18H17Cl2N3O3. The summed E-state index contributed by atoms with van der Waals surface area (Å²) in [6.45, 7) is 0. The van der Waals surface area contributed by atoms with Crippen LogP contribution < -0.4 is 16.4 Å². The van der Waals surface area contributed by atoms with Crippen molar-refractivity contribution < 1.29 is 14.7 Å². The average molecular weight is 394 g/mol. The van der Waals surface area contributed by atoms with E-state index in [0.717, 1.165) is 5.56 Å². The van der Waals surface area contributed by atoms with Gasteiger partial charge in [-0.15, -0.1) is 0 Å². The SMILES string of the molecule is Nc1ccc(CC(=O)N[C@H]2C[C@H](C(=O)O)Nc3cc(Cl)cc(Cl)c32)cc1. The van der Waals surface area contributed by atoms with Gasteiger partial charge in [0.15, 0.2) is 0 Å². The maximum atomic E-state index is 12.5. The van der Waals surface area contributed by atoms with Gasteiger partial charge in [0.05, 0.1) is 12.5 Å². The molecule has 1 amide bonds. The third kappa shape index (κ3) is 4.03. The molecule has 3 rings (SSSR count). The molecule has 6 nitrogen and oxygen atoms in total. The molecule has 26 heavy (non-hydrogen) atoms. The van der Waals surface area contributed by atoms with Gasteiger partial charge in [0, 0.05) is 33.4 Å². The summed E-state index contributed by atoms with van der Waals surface area (Å²) in [5, 5.41) is 15.9. The Kier molecular flexibility index (Phi) is 5.25. The number of hydrogen-bond acceptors (Lipinski definition) is 4. The van der Waals surface area contributed by atoms with Crippen molar-refractivity contribution in [1.29, 1.82) is 0 Å². The van der Waals surface area contributed by atoms with Crippen molar-refractivity contribution in [1.82, 2.24) is 5.32 Å². The summed E-state index contributed by atoms with van der Waals surface area (Å²) in [4.78, 5) is 23.9. The molecule has 8 heteroatoms. The van der Waals surface area contributed by atoms with Gasteiger partial charge in [-0.2, -0.15) is 0 Å². The van der Waals surface area contributed by atoms with Crippen LogP contribution in [0.5, 0.6) is 0 Å². The minimum Gasteiger partial charge on any atom is -0.480 e. The highest BCUT2D eigenvalue weighted by Crippen LogP contribution is 2.39. The highest BCUT2D eigenvalue weighted by Gasteiger charge is 2.33. The van der Waals surface area contributed by atoms with Crippen molar-refractivity contribution in [3.8, 4) is 0 Å². The number of carbonyl (C=O) groups excluding carboxylic acids is 1. The predicted molar refractivity (Wildman–Crippen MR) is 102 cm³/mol. The second-order valence-corrected chi connectivity index (χ2v) is 7.00. The number of carboxylic acids is 1. The zero-order valence-corrected chi connectivity index (χ0v) is 15.1. The average Bonchev–Trinajstić information content (AvgIpc) is 2.55. The van der Waals surface area contributed by atoms with Crippen molar-refractivity contribution in [2.24, 2.45) is 0 Å². The van der Waals surface area contributed by atoms with Crippen molar-refractivity contribution in [2.45, 2.75) is 24.9 Å². The summed E-state index contributed by atoms with van der Waals surface area (Å²) >= 11 is 12.3. The molecule has 0 radical (unpaired) electrons. The van der Waals surface area contributed by atoms with E-state index in [2.05, 4.69) is 10.6 Å². The number of nitrogen functional groups attached to an aromatic ring is 1. The smallest absolute Gasteiger partial charge is 0.326 e. The summed E-state index contributed by atoms with van der Waals surface area (Å²) in [7, 11) is 0. The van der Waals surface area contributed by atoms with Crippen LogP contribution in [0.4, 0.5) is 11.4 Å². The van der Waals surface area contributed by atoms with Gasteiger partial charge in [-0.05, 0) is 29.8 Å². The zero-order chi connectivity index (χ0) is 18.8. The Labute approximate surface area is 160 Å². The molecule has 0 bridgehead atoms. The Morgan fingerprint density at radius 3 is 2.58 bits per heavy atom. The fourth-order valence-corrected chi connectivity index (χ4v) is 3.64. The molecule has 0 saturated heterocycles. The molecule has 0 spiro atoms. The lowest BCUT2D eigenvalue weighted by molar-refractivity contribution is -0.138. The number of nitrogens with two attached hydrogens (primary N) is 1. The van der Waals surface area contributed by atoms with Crippen LogP contribution in [0.25, 0.3) is 0 Å². The number of rotatable bonds is 4. The maximum absolute atomic E-state index is 12.5. The van der Waals surface area contributed by atoms with E-state index in [1.54, 1.807) is 36.4 Å². The van der Waals surface area contributed by atoms with E-state index in [1.807, 2.05) is 0 Å². The monoisotopic (exact) mass is 393 g/mol. The maximum Gasteiger partial charge on any atom is 0.326 e. The molecule has 0 aliphatic carbocycles. The molecule has 0 saturated carbocycles. The number of carbonyl (C=O) groups is 2. The first-order valence-electron chi connectivity index (χ1n) is 7.95. The molecule has 0 aromatic heterocycles. The van der Waals surface area contributed by atoms with E-state index in [1.165, 1.54) is 0 Å². The van der Waals surface area contributed by atoms with Gasteiger partial charge in [-0.1, -0.05) is 35.3 Å². The standard InChI is InChI=1S/C18H17Cl2N3O3/c19-10-6-12(20)17-13(7-10)22-15(18(25)26)8-14(17)23-16(24)5-9-1-3-11(21)4-2-9/h1-4,6-7,14-15,22H,5,8,21H2,(H,23,24)(H,25,26)/t14-,15+/m0/s1. The number of carboxylic acid groups (broad SMARTS) is 1. The van der Waals surface area contributed by atoms with Crippen LogP contribution in [0.15, 0.2) is 36.4 Å². The van der Waals surface area contributed by atoms with E-state index in [4.69, 9.17) is 28.9 Å². The van der Waals surface area contributed by atoms with Gasteiger partial charge >= 0.3 is 5.97 Å². The number of fused-ring (bicyclic) bond motifs is 1. The number of hydrogen-bond donors (Lipinski definition) is 4. The number of anilines is 2. The van der Waals surface area contributed by atoms with Crippen molar-refractivity contribution in [3.63, 3.8) is 0 Å². The molecule has 0 unspecified atom stereocenters. The van der Waals surface area contributed by atoms with E-state index >= 15 is 0 Å². The highest BCUT2D eigenvalue weighted by molar-refractivity contribution is 6.35.